The Hall–Kier alpha value is -1.46. The normalized spacial score (nSPS) is 10.4. The van der Waals surface area contributed by atoms with Gasteiger partial charge in [0, 0.05) is 26.1 Å². The first-order valence-corrected chi connectivity index (χ1v) is 6.80. The monoisotopic (exact) mass is 283 g/mol. The van der Waals surface area contributed by atoms with Gasteiger partial charge in [0.25, 0.3) is 0 Å². The van der Waals surface area contributed by atoms with Crippen LogP contribution >= 0.6 is 11.3 Å². The molecule has 7 heteroatoms. The molecule has 0 aromatic carbocycles. The average Bonchev–Trinajstić information content (AvgIpc) is 2.83. The summed E-state index contributed by atoms with van der Waals surface area (Å²) in [4.78, 5) is 13.5. The Kier molecular flexibility index (Phi) is 7.07. The summed E-state index contributed by atoms with van der Waals surface area (Å²) >= 11 is 1.31. The molecule has 0 fully saturated rings. The van der Waals surface area contributed by atoms with E-state index < -0.39 is 0 Å². The van der Waals surface area contributed by atoms with Gasteiger partial charge in [0.1, 0.15) is 11.1 Å². The van der Waals surface area contributed by atoms with E-state index in [2.05, 4.69) is 5.32 Å². The van der Waals surface area contributed by atoms with E-state index in [4.69, 9.17) is 15.5 Å². The van der Waals surface area contributed by atoms with Crippen LogP contribution in [0.25, 0.3) is 0 Å². The number of rotatable bonds is 8. The third-order valence-corrected chi connectivity index (χ3v) is 3.36. The summed E-state index contributed by atoms with van der Waals surface area (Å²) in [6, 6.07) is 3.66. The van der Waals surface area contributed by atoms with Crippen molar-refractivity contribution >= 4 is 22.2 Å². The average molecular weight is 283 g/mol. The predicted octanol–water partition coefficient (Wildman–Crippen LogP) is 0.235. The van der Waals surface area contributed by atoms with Crippen molar-refractivity contribution in [2.45, 2.75) is 6.42 Å². The van der Waals surface area contributed by atoms with Crippen LogP contribution < -0.4 is 5.32 Å². The minimum absolute atomic E-state index is 0.00881. The van der Waals surface area contributed by atoms with Gasteiger partial charge in [-0.15, -0.1) is 11.3 Å². The van der Waals surface area contributed by atoms with Gasteiger partial charge in [-0.2, -0.15) is 5.26 Å². The van der Waals surface area contributed by atoms with E-state index in [-0.39, 0.29) is 25.5 Å². The molecule has 3 N–H and O–H groups in total. The van der Waals surface area contributed by atoms with Crippen LogP contribution in [0.15, 0.2) is 11.4 Å². The molecule has 1 rings (SSSR count). The molecule has 1 aromatic heterocycles. The van der Waals surface area contributed by atoms with Gasteiger partial charge < -0.3 is 15.5 Å². The lowest BCUT2D eigenvalue weighted by atomic mass is 10.3. The molecular weight excluding hydrogens is 266 g/mol. The number of nitriles is 1. The minimum Gasteiger partial charge on any atom is -0.395 e. The lowest BCUT2D eigenvalue weighted by Gasteiger charge is -2.19. The van der Waals surface area contributed by atoms with Crippen molar-refractivity contribution in [2.24, 2.45) is 0 Å². The molecule has 1 heterocycles. The number of amides is 1. The van der Waals surface area contributed by atoms with E-state index in [1.165, 1.54) is 11.3 Å². The van der Waals surface area contributed by atoms with Crippen molar-refractivity contribution in [3.8, 4) is 6.07 Å². The van der Waals surface area contributed by atoms with Crippen LogP contribution in [0.3, 0.4) is 0 Å². The number of nitrogens with zero attached hydrogens (tertiary/aromatic N) is 2. The molecule has 6 nitrogen and oxygen atoms in total. The zero-order valence-corrected chi connectivity index (χ0v) is 11.3. The van der Waals surface area contributed by atoms with Gasteiger partial charge in [0.2, 0.25) is 5.91 Å². The SMILES string of the molecule is N#Cc1ccsc1NC(=O)CCN(CCO)CCO. The van der Waals surface area contributed by atoms with Crippen LogP contribution in [-0.4, -0.2) is 53.9 Å². The third-order valence-electron chi connectivity index (χ3n) is 2.53. The maximum absolute atomic E-state index is 11.7. The first-order chi connectivity index (χ1) is 9.21. The molecule has 104 valence electrons. The molecule has 0 unspecified atom stereocenters. The van der Waals surface area contributed by atoms with Crippen LogP contribution in [0, 0.1) is 11.3 Å². The van der Waals surface area contributed by atoms with E-state index in [1.54, 1.807) is 16.3 Å². The Bertz CT molecular complexity index is 436. The summed E-state index contributed by atoms with van der Waals surface area (Å²) in [6.45, 7) is 1.29. The van der Waals surface area contributed by atoms with Crippen LogP contribution in [0.5, 0.6) is 0 Å². The van der Waals surface area contributed by atoms with Gasteiger partial charge in [-0.25, -0.2) is 0 Å². The summed E-state index contributed by atoms with van der Waals surface area (Å²) < 4.78 is 0. The van der Waals surface area contributed by atoms with E-state index in [0.29, 0.717) is 30.2 Å². The van der Waals surface area contributed by atoms with E-state index >= 15 is 0 Å². The summed E-state index contributed by atoms with van der Waals surface area (Å²) in [5.41, 5.74) is 0.459. The van der Waals surface area contributed by atoms with Crippen molar-refractivity contribution in [1.29, 1.82) is 5.26 Å². The van der Waals surface area contributed by atoms with Crippen LogP contribution in [0.4, 0.5) is 5.00 Å². The Morgan fingerprint density at radius 3 is 2.63 bits per heavy atom. The second-order valence-corrected chi connectivity index (χ2v) is 4.78. The van der Waals surface area contributed by atoms with Gasteiger partial charge >= 0.3 is 0 Å². The number of hydrogen-bond donors (Lipinski definition) is 3. The number of anilines is 1. The summed E-state index contributed by atoms with van der Waals surface area (Å²) in [5, 5.41) is 31.5. The van der Waals surface area contributed by atoms with Crippen LogP contribution in [0.2, 0.25) is 0 Å². The molecular formula is C12H17N3O3S. The van der Waals surface area contributed by atoms with Gasteiger partial charge in [-0.1, -0.05) is 0 Å². The van der Waals surface area contributed by atoms with Gasteiger partial charge in [0.05, 0.1) is 18.8 Å². The molecule has 19 heavy (non-hydrogen) atoms. The fourth-order valence-electron chi connectivity index (χ4n) is 1.56. The summed E-state index contributed by atoms with van der Waals surface area (Å²) in [6.07, 6.45) is 0.253. The molecule has 0 radical (unpaired) electrons. The van der Waals surface area contributed by atoms with Crippen molar-refractivity contribution < 1.29 is 15.0 Å². The molecule has 0 atom stereocenters. The maximum atomic E-state index is 11.7. The first kappa shape index (κ1) is 15.6. The molecule has 0 aliphatic rings. The zero-order chi connectivity index (χ0) is 14.1. The van der Waals surface area contributed by atoms with Crippen LogP contribution in [0.1, 0.15) is 12.0 Å². The van der Waals surface area contributed by atoms with E-state index in [1.807, 2.05) is 6.07 Å². The predicted molar refractivity (Wildman–Crippen MR) is 72.9 cm³/mol. The van der Waals surface area contributed by atoms with E-state index in [0.717, 1.165) is 0 Å². The van der Waals surface area contributed by atoms with Crippen molar-refractivity contribution in [2.75, 3.05) is 38.2 Å². The number of carbonyl (C=O) groups excluding carboxylic acids is 1. The Morgan fingerprint density at radius 1 is 1.37 bits per heavy atom. The summed E-state index contributed by atoms with van der Waals surface area (Å²) in [5.74, 6) is -0.181. The van der Waals surface area contributed by atoms with Gasteiger partial charge in [-0.3, -0.25) is 9.69 Å². The molecule has 0 bridgehead atoms. The van der Waals surface area contributed by atoms with E-state index in [9.17, 15) is 4.79 Å². The molecule has 1 aromatic rings. The lowest BCUT2D eigenvalue weighted by molar-refractivity contribution is -0.116. The number of aliphatic hydroxyl groups is 2. The lowest BCUT2D eigenvalue weighted by Crippen LogP contribution is -2.32. The van der Waals surface area contributed by atoms with Crippen molar-refractivity contribution in [1.82, 2.24) is 4.90 Å². The second kappa shape index (κ2) is 8.61. The fraction of sp³-hybridized carbons (Fsp3) is 0.500. The number of hydrogen-bond acceptors (Lipinski definition) is 6. The molecule has 1 amide bonds. The van der Waals surface area contributed by atoms with Crippen LogP contribution in [-0.2, 0) is 4.79 Å². The van der Waals surface area contributed by atoms with Gasteiger partial charge in [0.15, 0.2) is 0 Å². The highest BCUT2D eigenvalue weighted by Gasteiger charge is 2.10. The number of nitrogens with one attached hydrogen (secondary N) is 1. The summed E-state index contributed by atoms with van der Waals surface area (Å²) in [7, 11) is 0. The third kappa shape index (κ3) is 5.36. The molecule has 0 aliphatic heterocycles. The molecule has 0 spiro atoms. The Morgan fingerprint density at radius 2 is 2.05 bits per heavy atom. The Balaban J connectivity index is 2.41. The highest BCUT2D eigenvalue weighted by atomic mass is 32.1. The van der Waals surface area contributed by atoms with Gasteiger partial charge in [-0.05, 0) is 11.4 Å². The second-order valence-electron chi connectivity index (χ2n) is 3.86. The number of aliphatic hydroxyl groups excluding tert-OH is 2. The first-order valence-electron chi connectivity index (χ1n) is 5.92. The largest absolute Gasteiger partial charge is 0.395 e. The number of thiophene rings is 1. The fourth-order valence-corrected chi connectivity index (χ4v) is 2.31. The molecule has 0 aliphatic carbocycles. The minimum atomic E-state index is -0.181. The topological polar surface area (TPSA) is 96.6 Å². The van der Waals surface area contributed by atoms with Crippen molar-refractivity contribution in [3.63, 3.8) is 0 Å². The quantitative estimate of drug-likeness (QED) is 0.635. The standard InChI is InChI=1S/C12H17N3O3S/c13-9-10-2-8-19-12(10)14-11(18)1-3-15(4-6-16)5-7-17/h2,8,16-17H,1,3-7H2,(H,14,18). The highest BCUT2D eigenvalue weighted by molar-refractivity contribution is 7.14. The molecule has 0 saturated carbocycles. The molecule has 0 saturated heterocycles. The number of carbonyl (C=O) groups is 1. The smallest absolute Gasteiger partial charge is 0.226 e. The highest BCUT2D eigenvalue weighted by Crippen LogP contribution is 2.22. The Labute approximate surface area is 115 Å². The van der Waals surface area contributed by atoms with Crippen molar-refractivity contribution in [3.05, 3.63) is 17.0 Å². The zero-order valence-electron chi connectivity index (χ0n) is 10.5. The maximum Gasteiger partial charge on any atom is 0.226 e.